The smallest absolute Gasteiger partial charge is 0.226 e. The van der Waals surface area contributed by atoms with Crippen molar-refractivity contribution in [1.29, 1.82) is 0 Å². The highest BCUT2D eigenvalue weighted by Crippen LogP contribution is 2.25. The van der Waals surface area contributed by atoms with Gasteiger partial charge in [-0.3, -0.25) is 4.79 Å². The van der Waals surface area contributed by atoms with Gasteiger partial charge in [0.1, 0.15) is 5.75 Å². The fourth-order valence-corrected chi connectivity index (χ4v) is 2.48. The minimum Gasteiger partial charge on any atom is -0.490 e. The SMILES string of the molecule is CC(C)C(O)CC(=O)Nc1cccc(OC2CCCC2)c1. The summed E-state index contributed by atoms with van der Waals surface area (Å²) in [5.74, 6) is 0.700. The van der Waals surface area contributed by atoms with Gasteiger partial charge in [0, 0.05) is 11.8 Å². The lowest BCUT2D eigenvalue weighted by Crippen LogP contribution is -2.23. The molecule has 0 saturated heterocycles. The van der Waals surface area contributed by atoms with E-state index in [1.54, 1.807) is 0 Å². The van der Waals surface area contributed by atoms with Crippen molar-refractivity contribution in [2.75, 3.05) is 5.32 Å². The van der Waals surface area contributed by atoms with Crippen molar-refractivity contribution >= 4 is 11.6 Å². The second-order valence-corrected chi connectivity index (χ2v) is 6.12. The number of hydrogen-bond donors (Lipinski definition) is 2. The summed E-state index contributed by atoms with van der Waals surface area (Å²) in [6.45, 7) is 3.79. The lowest BCUT2D eigenvalue weighted by molar-refractivity contribution is -0.118. The molecule has 1 aromatic rings. The second-order valence-electron chi connectivity index (χ2n) is 6.12. The standard InChI is InChI=1S/C17H25NO3/c1-12(2)16(19)11-17(20)18-13-6-5-9-15(10-13)21-14-7-3-4-8-14/h5-6,9-10,12,14,16,19H,3-4,7-8,11H2,1-2H3,(H,18,20). The first-order valence-electron chi connectivity index (χ1n) is 7.79. The Kier molecular flexibility index (Phi) is 5.62. The number of aliphatic hydroxyl groups excluding tert-OH is 1. The van der Waals surface area contributed by atoms with Gasteiger partial charge in [0.05, 0.1) is 18.6 Å². The van der Waals surface area contributed by atoms with Crippen LogP contribution in [0.4, 0.5) is 5.69 Å². The average molecular weight is 291 g/mol. The third-order valence-electron chi connectivity index (χ3n) is 3.89. The summed E-state index contributed by atoms with van der Waals surface area (Å²) in [6, 6.07) is 7.47. The molecule has 0 radical (unpaired) electrons. The normalized spacial score (nSPS) is 17.0. The van der Waals surface area contributed by atoms with Crippen molar-refractivity contribution in [2.24, 2.45) is 5.92 Å². The van der Waals surface area contributed by atoms with E-state index in [2.05, 4.69) is 5.32 Å². The number of ether oxygens (including phenoxy) is 1. The van der Waals surface area contributed by atoms with E-state index in [0.29, 0.717) is 11.8 Å². The van der Waals surface area contributed by atoms with Crippen LogP contribution in [0.2, 0.25) is 0 Å². The zero-order chi connectivity index (χ0) is 15.2. The molecule has 116 valence electrons. The van der Waals surface area contributed by atoms with Crippen LogP contribution in [0.1, 0.15) is 46.0 Å². The summed E-state index contributed by atoms with van der Waals surface area (Å²) in [7, 11) is 0. The molecule has 1 aliphatic carbocycles. The van der Waals surface area contributed by atoms with Crippen molar-refractivity contribution in [2.45, 2.75) is 58.2 Å². The minimum absolute atomic E-state index is 0.0767. The molecule has 0 spiro atoms. The Morgan fingerprint density at radius 1 is 1.38 bits per heavy atom. The topological polar surface area (TPSA) is 58.6 Å². The predicted molar refractivity (Wildman–Crippen MR) is 83.4 cm³/mol. The fourth-order valence-electron chi connectivity index (χ4n) is 2.48. The molecule has 0 bridgehead atoms. The Labute approximate surface area is 126 Å². The zero-order valence-corrected chi connectivity index (χ0v) is 12.8. The molecular weight excluding hydrogens is 266 g/mol. The molecule has 1 atom stereocenters. The van der Waals surface area contributed by atoms with Crippen molar-refractivity contribution in [1.82, 2.24) is 0 Å². The van der Waals surface area contributed by atoms with Gasteiger partial charge in [0.15, 0.2) is 0 Å². The summed E-state index contributed by atoms with van der Waals surface area (Å²) in [5.41, 5.74) is 0.714. The number of carbonyl (C=O) groups excluding carboxylic acids is 1. The minimum atomic E-state index is -0.608. The number of anilines is 1. The summed E-state index contributed by atoms with van der Waals surface area (Å²) in [5, 5.41) is 12.5. The lowest BCUT2D eigenvalue weighted by atomic mass is 10.0. The van der Waals surface area contributed by atoms with Crippen LogP contribution in [-0.4, -0.2) is 23.2 Å². The molecule has 2 rings (SSSR count). The summed E-state index contributed by atoms with van der Waals surface area (Å²) < 4.78 is 5.92. The van der Waals surface area contributed by atoms with Crippen LogP contribution in [0, 0.1) is 5.92 Å². The van der Waals surface area contributed by atoms with E-state index in [4.69, 9.17) is 4.74 Å². The molecule has 0 aromatic heterocycles. The number of carbonyl (C=O) groups is 1. The summed E-state index contributed by atoms with van der Waals surface area (Å²) in [6.07, 6.45) is 4.49. The van der Waals surface area contributed by atoms with E-state index in [1.165, 1.54) is 12.8 Å². The van der Waals surface area contributed by atoms with E-state index in [1.807, 2.05) is 38.1 Å². The number of benzene rings is 1. The van der Waals surface area contributed by atoms with Crippen molar-refractivity contribution < 1.29 is 14.6 Å². The number of hydrogen-bond acceptors (Lipinski definition) is 3. The first-order chi connectivity index (χ1) is 10.0. The molecule has 1 aromatic carbocycles. The number of rotatable bonds is 6. The van der Waals surface area contributed by atoms with Crippen LogP contribution in [0.5, 0.6) is 5.75 Å². The van der Waals surface area contributed by atoms with Gasteiger partial charge in [-0.15, -0.1) is 0 Å². The Morgan fingerprint density at radius 2 is 2.10 bits per heavy atom. The molecule has 1 aliphatic rings. The molecule has 1 amide bonds. The molecule has 1 fully saturated rings. The van der Waals surface area contributed by atoms with Gasteiger partial charge in [0.25, 0.3) is 0 Å². The fraction of sp³-hybridized carbons (Fsp3) is 0.588. The number of aliphatic hydroxyl groups is 1. The van der Waals surface area contributed by atoms with Crippen LogP contribution >= 0.6 is 0 Å². The van der Waals surface area contributed by atoms with Gasteiger partial charge in [-0.1, -0.05) is 19.9 Å². The van der Waals surface area contributed by atoms with E-state index < -0.39 is 6.10 Å². The van der Waals surface area contributed by atoms with Crippen molar-refractivity contribution in [3.05, 3.63) is 24.3 Å². The van der Waals surface area contributed by atoms with E-state index in [0.717, 1.165) is 18.6 Å². The van der Waals surface area contributed by atoms with Crippen LogP contribution in [0.15, 0.2) is 24.3 Å². The Hall–Kier alpha value is -1.55. The maximum Gasteiger partial charge on any atom is 0.226 e. The molecule has 4 heteroatoms. The Bertz CT molecular complexity index is 467. The Balaban J connectivity index is 1.89. The van der Waals surface area contributed by atoms with Gasteiger partial charge in [-0.25, -0.2) is 0 Å². The molecule has 0 heterocycles. The highest BCUT2D eigenvalue weighted by molar-refractivity contribution is 5.91. The molecule has 0 aliphatic heterocycles. The van der Waals surface area contributed by atoms with Crippen LogP contribution in [0.3, 0.4) is 0 Å². The van der Waals surface area contributed by atoms with Crippen LogP contribution in [-0.2, 0) is 4.79 Å². The monoisotopic (exact) mass is 291 g/mol. The molecule has 1 unspecified atom stereocenters. The average Bonchev–Trinajstić information content (AvgIpc) is 2.91. The molecular formula is C17H25NO3. The maximum atomic E-state index is 11.9. The first kappa shape index (κ1) is 15.8. The predicted octanol–water partition coefficient (Wildman–Crippen LogP) is 3.35. The third-order valence-corrected chi connectivity index (χ3v) is 3.89. The highest BCUT2D eigenvalue weighted by Gasteiger charge is 2.17. The van der Waals surface area contributed by atoms with Gasteiger partial charge < -0.3 is 15.2 Å². The lowest BCUT2D eigenvalue weighted by Gasteiger charge is -2.15. The molecule has 4 nitrogen and oxygen atoms in total. The second kappa shape index (κ2) is 7.46. The van der Waals surface area contributed by atoms with Gasteiger partial charge in [0.2, 0.25) is 5.91 Å². The van der Waals surface area contributed by atoms with Gasteiger partial charge in [-0.05, 0) is 43.7 Å². The largest absolute Gasteiger partial charge is 0.490 e. The quantitative estimate of drug-likeness (QED) is 0.845. The third kappa shape index (κ3) is 5.05. The van der Waals surface area contributed by atoms with Crippen LogP contribution < -0.4 is 10.1 Å². The molecule has 1 saturated carbocycles. The van der Waals surface area contributed by atoms with Gasteiger partial charge in [-0.2, -0.15) is 0 Å². The molecule has 2 N–H and O–H groups in total. The van der Waals surface area contributed by atoms with E-state index in [9.17, 15) is 9.90 Å². The Morgan fingerprint density at radius 3 is 2.76 bits per heavy atom. The van der Waals surface area contributed by atoms with Crippen LogP contribution in [0.25, 0.3) is 0 Å². The number of nitrogens with one attached hydrogen (secondary N) is 1. The van der Waals surface area contributed by atoms with Crippen molar-refractivity contribution in [3.63, 3.8) is 0 Å². The maximum absolute atomic E-state index is 11.9. The number of amides is 1. The summed E-state index contributed by atoms with van der Waals surface area (Å²) in [4.78, 5) is 11.9. The highest BCUT2D eigenvalue weighted by atomic mass is 16.5. The first-order valence-corrected chi connectivity index (χ1v) is 7.79. The zero-order valence-electron chi connectivity index (χ0n) is 12.8. The van der Waals surface area contributed by atoms with E-state index in [-0.39, 0.29) is 18.2 Å². The molecule has 21 heavy (non-hydrogen) atoms. The van der Waals surface area contributed by atoms with Gasteiger partial charge >= 0.3 is 0 Å². The van der Waals surface area contributed by atoms with E-state index >= 15 is 0 Å². The summed E-state index contributed by atoms with van der Waals surface area (Å²) >= 11 is 0. The van der Waals surface area contributed by atoms with Crippen molar-refractivity contribution in [3.8, 4) is 5.75 Å².